The molecule has 32 heavy (non-hydrogen) atoms. The highest BCUT2D eigenvalue weighted by molar-refractivity contribution is 4.97. The van der Waals surface area contributed by atoms with Crippen molar-refractivity contribution < 1.29 is 0 Å². The van der Waals surface area contributed by atoms with Crippen LogP contribution in [0.15, 0.2) is 12.4 Å². The zero-order chi connectivity index (χ0) is 23.1. The standard InChI is InChI=1S/C30H60N2/c1-4-7-10-13-15-16-17-18-19-21-24-27-32-29-28-31(26-23-12-9-6-3)30(32)25-22-20-14-11-8-5-2/h28-30H,4-27H2,1-3H3. The first-order valence-corrected chi connectivity index (χ1v) is 15.0. The molecule has 0 fully saturated rings. The minimum atomic E-state index is 0.644. The number of hydrogen-bond donors (Lipinski definition) is 0. The molecule has 0 saturated heterocycles. The first-order chi connectivity index (χ1) is 15.8. The molecular formula is C30H60N2. The molecule has 0 amide bonds. The summed E-state index contributed by atoms with van der Waals surface area (Å²) in [5.74, 6) is 0. The van der Waals surface area contributed by atoms with Crippen LogP contribution in [0.3, 0.4) is 0 Å². The lowest BCUT2D eigenvalue weighted by Crippen LogP contribution is -2.39. The molecule has 190 valence electrons. The van der Waals surface area contributed by atoms with Crippen molar-refractivity contribution in [2.45, 2.75) is 168 Å². The summed E-state index contributed by atoms with van der Waals surface area (Å²) in [4.78, 5) is 5.35. The highest BCUT2D eigenvalue weighted by Gasteiger charge is 2.24. The molecule has 0 aromatic heterocycles. The van der Waals surface area contributed by atoms with Crippen molar-refractivity contribution >= 4 is 0 Å². The maximum atomic E-state index is 2.68. The Kier molecular flexibility index (Phi) is 20.3. The molecule has 0 bridgehead atoms. The number of hydrogen-bond acceptors (Lipinski definition) is 2. The van der Waals surface area contributed by atoms with Gasteiger partial charge in [-0.15, -0.1) is 0 Å². The molecular weight excluding hydrogens is 388 g/mol. The number of rotatable bonds is 24. The molecule has 2 heteroatoms. The van der Waals surface area contributed by atoms with Gasteiger partial charge in [-0.05, 0) is 25.7 Å². The van der Waals surface area contributed by atoms with Crippen LogP contribution >= 0.6 is 0 Å². The second-order valence-corrected chi connectivity index (χ2v) is 10.4. The monoisotopic (exact) mass is 448 g/mol. The van der Waals surface area contributed by atoms with E-state index in [2.05, 4.69) is 43.0 Å². The summed E-state index contributed by atoms with van der Waals surface area (Å²) in [7, 11) is 0. The third-order valence-corrected chi connectivity index (χ3v) is 7.32. The Hall–Kier alpha value is -0.660. The molecule has 1 atom stereocenters. The van der Waals surface area contributed by atoms with Gasteiger partial charge in [-0.1, -0.05) is 136 Å². The first kappa shape index (κ1) is 29.4. The van der Waals surface area contributed by atoms with E-state index >= 15 is 0 Å². The van der Waals surface area contributed by atoms with Gasteiger partial charge in [0, 0.05) is 25.5 Å². The molecule has 0 saturated carbocycles. The lowest BCUT2D eigenvalue weighted by molar-refractivity contribution is 0.135. The van der Waals surface area contributed by atoms with Gasteiger partial charge in [0.2, 0.25) is 0 Å². The molecule has 0 N–H and O–H groups in total. The van der Waals surface area contributed by atoms with Crippen molar-refractivity contribution in [1.29, 1.82) is 0 Å². The van der Waals surface area contributed by atoms with Crippen molar-refractivity contribution in [3.63, 3.8) is 0 Å². The Balaban J connectivity index is 2.19. The summed E-state index contributed by atoms with van der Waals surface area (Å²) in [5, 5.41) is 0. The van der Waals surface area contributed by atoms with E-state index in [-0.39, 0.29) is 0 Å². The van der Waals surface area contributed by atoms with Crippen molar-refractivity contribution in [1.82, 2.24) is 9.80 Å². The van der Waals surface area contributed by atoms with E-state index in [1.807, 2.05) is 0 Å². The molecule has 1 unspecified atom stereocenters. The largest absolute Gasteiger partial charge is 0.356 e. The number of unbranched alkanes of at least 4 members (excludes halogenated alkanes) is 18. The summed E-state index contributed by atoms with van der Waals surface area (Å²) in [6.07, 6.45) is 36.5. The zero-order valence-electron chi connectivity index (χ0n) is 22.6. The molecule has 0 aliphatic carbocycles. The summed E-state index contributed by atoms with van der Waals surface area (Å²) >= 11 is 0. The Labute approximate surface area is 203 Å². The van der Waals surface area contributed by atoms with Crippen LogP contribution in [0.5, 0.6) is 0 Å². The van der Waals surface area contributed by atoms with E-state index < -0.39 is 0 Å². The molecule has 0 aromatic rings. The van der Waals surface area contributed by atoms with Crippen molar-refractivity contribution in [3.05, 3.63) is 12.4 Å². The maximum absolute atomic E-state index is 2.68. The quantitative estimate of drug-likeness (QED) is 0.135. The second kappa shape index (κ2) is 22.1. The predicted octanol–water partition coefficient (Wildman–Crippen LogP) is 10.0. The van der Waals surface area contributed by atoms with Gasteiger partial charge in [0.05, 0.1) is 0 Å². The van der Waals surface area contributed by atoms with Crippen molar-refractivity contribution in [3.8, 4) is 0 Å². The molecule has 1 aliphatic heterocycles. The van der Waals surface area contributed by atoms with E-state index in [1.165, 1.54) is 154 Å². The average molecular weight is 449 g/mol. The van der Waals surface area contributed by atoms with Gasteiger partial charge >= 0.3 is 0 Å². The Morgan fingerprint density at radius 1 is 0.406 bits per heavy atom. The van der Waals surface area contributed by atoms with Crippen LogP contribution in [0.1, 0.15) is 162 Å². The zero-order valence-corrected chi connectivity index (χ0v) is 22.6. The summed E-state index contributed by atoms with van der Waals surface area (Å²) in [6, 6.07) is 0. The molecule has 0 radical (unpaired) electrons. The minimum absolute atomic E-state index is 0.644. The third-order valence-electron chi connectivity index (χ3n) is 7.32. The molecule has 1 aliphatic rings. The summed E-state index contributed by atoms with van der Waals surface area (Å²) < 4.78 is 0. The van der Waals surface area contributed by atoms with Gasteiger partial charge < -0.3 is 9.80 Å². The van der Waals surface area contributed by atoms with Gasteiger partial charge in [0.15, 0.2) is 0 Å². The molecule has 1 rings (SSSR count). The van der Waals surface area contributed by atoms with Crippen LogP contribution < -0.4 is 0 Å². The Morgan fingerprint density at radius 2 is 0.719 bits per heavy atom. The van der Waals surface area contributed by atoms with Crippen molar-refractivity contribution in [2.75, 3.05) is 13.1 Å². The van der Waals surface area contributed by atoms with E-state index in [0.29, 0.717) is 6.17 Å². The SMILES string of the molecule is CCCCCCCCCCCCCN1C=CN(CCCCCC)C1CCCCCCCC. The van der Waals surface area contributed by atoms with Crippen LogP contribution in [0.4, 0.5) is 0 Å². The van der Waals surface area contributed by atoms with Crippen LogP contribution in [0.2, 0.25) is 0 Å². The third kappa shape index (κ3) is 15.2. The molecule has 0 spiro atoms. The maximum Gasteiger partial charge on any atom is 0.101 e. The van der Waals surface area contributed by atoms with Gasteiger partial charge in [0.1, 0.15) is 6.17 Å². The lowest BCUT2D eigenvalue weighted by atomic mass is 10.1. The van der Waals surface area contributed by atoms with Crippen LogP contribution in [0, 0.1) is 0 Å². The van der Waals surface area contributed by atoms with Crippen LogP contribution in [-0.4, -0.2) is 29.1 Å². The highest BCUT2D eigenvalue weighted by Crippen LogP contribution is 2.23. The van der Waals surface area contributed by atoms with Gasteiger partial charge in [-0.2, -0.15) is 0 Å². The van der Waals surface area contributed by atoms with Crippen LogP contribution in [0.25, 0.3) is 0 Å². The number of nitrogens with zero attached hydrogens (tertiary/aromatic N) is 2. The molecule has 2 nitrogen and oxygen atoms in total. The van der Waals surface area contributed by atoms with Crippen molar-refractivity contribution in [2.24, 2.45) is 0 Å². The lowest BCUT2D eigenvalue weighted by Gasteiger charge is -2.33. The minimum Gasteiger partial charge on any atom is -0.356 e. The van der Waals surface area contributed by atoms with Gasteiger partial charge in [-0.25, -0.2) is 0 Å². The Bertz CT molecular complexity index is 406. The van der Waals surface area contributed by atoms with E-state index in [4.69, 9.17) is 0 Å². The first-order valence-electron chi connectivity index (χ1n) is 15.0. The Morgan fingerprint density at radius 3 is 1.12 bits per heavy atom. The van der Waals surface area contributed by atoms with Crippen LogP contribution in [-0.2, 0) is 0 Å². The highest BCUT2D eigenvalue weighted by atomic mass is 15.4. The fraction of sp³-hybridized carbons (Fsp3) is 0.933. The predicted molar refractivity (Wildman–Crippen MR) is 145 cm³/mol. The van der Waals surface area contributed by atoms with E-state index in [9.17, 15) is 0 Å². The fourth-order valence-corrected chi connectivity index (χ4v) is 5.13. The summed E-state index contributed by atoms with van der Waals surface area (Å²) in [5.41, 5.74) is 0. The molecule has 1 heterocycles. The van der Waals surface area contributed by atoms with Gasteiger partial charge in [0.25, 0.3) is 0 Å². The summed E-state index contributed by atoms with van der Waals surface area (Å²) in [6.45, 7) is 9.45. The smallest absolute Gasteiger partial charge is 0.101 e. The second-order valence-electron chi connectivity index (χ2n) is 10.4. The molecule has 0 aromatic carbocycles. The topological polar surface area (TPSA) is 6.48 Å². The van der Waals surface area contributed by atoms with E-state index in [1.54, 1.807) is 0 Å². The average Bonchev–Trinajstić information content (AvgIpc) is 3.19. The van der Waals surface area contributed by atoms with E-state index in [0.717, 1.165) is 0 Å². The van der Waals surface area contributed by atoms with Gasteiger partial charge in [-0.3, -0.25) is 0 Å². The normalized spacial score (nSPS) is 15.9. The fourth-order valence-electron chi connectivity index (χ4n) is 5.13.